The number of carbonyl (C=O) groups is 1. The Hall–Kier alpha value is -2.44. The second kappa shape index (κ2) is 6.55. The number of nitro groups is 1. The number of hydrogen-bond acceptors (Lipinski definition) is 5. The summed E-state index contributed by atoms with van der Waals surface area (Å²) in [4.78, 5) is 22.5. The Morgan fingerprint density at radius 3 is 2.45 bits per heavy atom. The Morgan fingerprint density at radius 1 is 1.41 bits per heavy atom. The molecule has 120 valence electrons. The van der Waals surface area contributed by atoms with Gasteiger partial charge in [0.15, 0.2) is 0 Å². The molecule has 0 unspecified atom stereocenters. The van der Waals surface area contributed by atoms with Crippen LogP contribution < -0.4 is 0 Å². The summed E-state index contributed by atoms with van der Waals surface area (Å²) in [6.45, 7) is 10.3. The lowest BCUT2D eigenvalue weighted by molar-refractivity contribution is -0.385. The normalized spacial score (nSPS) is 11.0. The van der Waals surface area contributed by atoms with Crippen LogP contribution in [0.3, 0.4) is 0 Å². The van der Waals surface area contributed by atoms with E-state index in [1.807, 2.05) is 0 Å². The summed E-state index contributed by atoms with van der Waals surface area (Å²) < 4.78 is 23.9. The van der Waals surface area contributed by atoms with E-state index in [2.05, 4.69) is 6.58 Å². The summed E-state index contributed by atoms with van der Waals surface area (Å²) in [5, 5.41) is 11.1. The van der Waals surface area contributed by atoms with E-state index in [1.54, 1.807) is 27.7 Å². The van der Waals surface area contributed by atoms with Gasteiger partial charge in [-0.3, -0.25) is 10.1 Å². The molecule has 1 rings (SSSR count). The predicted molar refractivity (Wildman–Crippen MR) is 78.9 cm³/mol. The van der Waals surface area contributed by atoms with Crippen LogP contribution in [0.1, 0.15) is 43.6 Å². The number of rotatable bonds is 5. The molecule has 0 spiro atoms. The van der Waals surface area contributed by atoms with Crippen molar-refractivity contribution in [2.24, 2.45) is 0 Å². The number of nitro benzene ring substituents is 1. The standard InChI is InChI=1S/C15H18FNO5/c1-6-21-9(2)13-11(14(18)22-15(3,4)5)7-10(16)8-12(13)17(19)20/h7-8H,2,6H2,1,3-5H3. The number of hydrogen-bond donors (Lipinski definition) is 0. The quantitative estimate of drug-likeness (QED) is 0.358. The molecule has 7 heteroatoms. The first kappa shape index (κ1) is 17.6. The van der Waals surface area contributed by atoms with Crippen molar-refractivity contribution in [3.8, 4) is 0 Å². The molecule has 22 heavy (non-hydrogen) atoms. The summed E-state index contributed by atoms with van der Waals surface area (Å²) in [7, 11) is 0. The molecular weight excluding hydrogens is 293 g/mol. The van der Waals surface area contributed by atoms with Gasteiger partial charge in [-0.15, -0.1) is 0 Å². The van der Waals surface area contributed by atoms with E-state index in [0.717, 1.165) is 6.07 Å². The number of benzene rings is 1. The zero-order chi connectivity index (χ0) is 17.1. The molecule has 0 N–H and O–H groups in total. The molecule has 0 aromatic heterocycles. The minimum Gasteiger partial charge on any atom is -0.494 e. The molecule has 1 aromatic rings. The monoisotopic (exact) mass is 311 g/mol. The summed E-state index contributed by atoms with van der Waals surface area (Å²) in [6, 6.07) is 1.59. The van der Waals surface area contributed by atoms with E-state index in [0.29, 0.717) is 6.07 Å². The van der Waals surface area contributed by atoms with Gasteiger partial charge in [0, 0.05) is 0 Å². The average Bonchev–Trinajstić information content (AvgIpc) is 2.35. The smallest absolute Gasteiger partial charge is 0.339 e. The maximum absolute atomic E-state index is 13.6. The number of halogens is 1. The number of ether oxygens (including phenoxy) is 2. The second-order valence-corrected chi connectivity index (χ2v) is 5.46. The summed E-state index contributed by atoms with van der Waals surface area (Å²) >= 11 is 0. The highest BCUT2D eigenvalue weighted by molar-refractivity contribution is 5.96. The van der Waals surface area contributed by atoms with Gasteiger partial charge in [0.05, 0.1) is 23.2 Å². The Morgan fingerprint density at radius 2 is 2.00 bits per heavy atom. The molecule has 1 aromatic carbocycles. The predicted octanol–water partition coefficient (Wildman–Crippen LogP) is 3.70. The number of esters is 1. The maximum Gasteiger partial charge on any atom is 0.339 e. The van der Waals surface area contributed by atoms with Crippen molar-refractivity contribution in [2.45, 2.75) is 33.3 Å². The van der Waals surface area contributed by atoms with Gasteiger partial charge in [0.2, 0.25) is 0 Å². The lowest BCUT2D eigenvalue weighted by Gasteiger charge is -2.21. The van der Waals surface area contributed by atoms with Crippen LogP contribution in [0.4, 0.5) is 10.1 Å². The van der Waals surface area contributed by atoms with Crippen molar-refractivity contribution in [3.63, 3.8) is 0 Å². The first-order valence-corrected chi connectivity index (χ1v) is 6.60. The van der Waals surface area contributed by atoms with Crippen LogP contribution in [0.25, 0.3) is 5.76 Å². The van der Waals surface area contributed by atoms with Gasteiger partial charge < -0.3 is 9.47 Å². The van der Waals surface area contributed by atoms with Crippen molar-refractivity contribution in [1.29, 1.82) is 0 Å². The van der Waals surface area contributed by atoms with Crippen LogP contribution in [0.15, 0.2) is 18.7 Å². The molecule has 0 fully saturated rings. The minimum atomic E-state index is -0.916. The molecule has 0 atom stereocenters. The first-order valence-electron chi connectivity index (χ1n) is 6.60. The van der Waals surface area contributed by atoms with Crippen molar-refractivity contribution < 1.29 is 23.6 Å². The van der Waals surface area contributed by atoms with E-state index < -0.39 is 28.0 Å². The van der Waals surface area contributed by atoms with Crippen LogP contribution in [-0.2, 0) is 9.47 Å². The highest BCUT2D eigenvalue weighted by Crippen LogP contribution is 2.32. The molecule has 6 nitrogen and oxygen atoms in total. The maximum atomic E-state index is 13.6. The molecule has 0 amide bonds. The van der Waals surface area contributed by atoms with E-state index in [-0.39, 0.29) is 23.5 Å². The Balaban J connectivity index is 3.50. The van der Waals surface area contributed by atoms with Gasteiger partial charge in [0.1, 0.15) is 22.7 Å². The van der Waals surface area contributed by atoms with Crippen molar-refractivity contribution in [1.82, 2.24) is 0 Å². The zero-order valence-electron chi connectivity index (χ0n) is 12.9. The third kappa shape index (κ3) is 4.28. The first-order chi connectivity index (χ1) is 10.1. The molecule has 0 radical (unpaired) electrons. The SMILES string of the molecule is C=C(OCC)c1c(C(=O)OC(C)(C)C)cc(F)cc1[N+](=O)[O-]. The summed E-state index contributed by atoms with van der Waals surface area (Å²) in [5.41, 5.74) is -1.90. The second-order valence-electron chi connectivity index (χ2n) is 5.46. The van der Waals surface area contributed by atoms with Gasteiger partial charge in [0.25, 0.3) is 5.69 Å². The van der Waals surface area contributed by atoms with E-state index in [4.69, 9.17) is 9.47 Å². The number of carbonyl (C=O) groups excluding carboxylic acids is 1. The molecule has 0 aliphatic heterocycles. The summed E-state index contributed by atoms with van der Waals surface area (Å²) in [6.07, 6.45) is 0. The van der Waals surface area contributed by atoms with E-state index in [9.17, 15) is 19.3 Å². The number of nitrogens with zero attached hydrogens (tertiary/aromatic N) is 1. The third-order valence-electron chi connectivity index (χ3n) is 2.50. The van der Waals surface area contributed by atoms with Crippen LogP contribution in [-0.4, -0.2) is 23.1 Å². The Labute approximate surface area is 127 Å². The van der Waals surface area contributed by atoms with Gasteiger partial charge in [-0.1, -0.05) is 6.58 Å². The van der Waals surface area contributed by atoms with Crippen molar-refractivity contribution in [2.75, 3.05) is 6.61 Å². The summed E-state index contributed by atoms with van der Waals surface area (Å²) in [5.74, 6) is -1.89. The fourth-order valence-corrected chi connectivity index (χ4v) is 1.77. The molecule has 0 aliphatic rings. The van der Waals surface area contributed by atoms with Crippen molar-refractivity contribution in [3.05, 3.63) is 45.8 Å². The lowest BCUT2D eigenvalue weighted by Crippen LogP contribution is -2.25. The van der Waals surface area contributed by atoms with Gasteiger partial charge in [-0.05, 0) is 33.8 Å². The van der Waals surface area contributed by atoms with Crippen LogP contribution >= 0.6 is 0 Å². The molecule has 0 bridgehead atoms. The third-order valence-corrected chi connectivity index (χ3v) is 2.50. The van der Waals surface area contributed by atoms with Crippen LogP contribution in [0.5, 0.6) is 0 Å². The Kier molecular flexibility index (Phi) is 5.24. The topological polar surface area (TPSA) is 78.7 Å². The highest BCUT2D eigenvalue weighted by atomic mass is 19.1. The molecule has 0 saturated heterocycles. The lowest BCUT2D eigenvalue weighted by atomic mass is 10.0. The van der Waals surface area contributed by atoms with Gasteiger partial charge in [-0.2, -0.15) is 0 Å². The van der Waals surface area contributed by atoms with E-state index in [1.165, 1.54) is 0 Å². The van der Waals surface area contributed by atoms with E-state index >= 15 is 0 Å². The van der Waals surface area contributed by atoms with Gasteiger partial charge >= 0.3 is 5.97 Å². The Bertz CT molecular complexity index is 619. The van der Waals surface area contributed by atoms with Crippen molar-refractivity contribution >= 4 is 17.4 Å². The fourth-order valence-electron chi connectivity index (χ4n) is 1.77. The average molecular weight is 311 g/mol. The highest BCUT2D eigenvalue weighted by Gasteiger charge is 2.29. The molecule has 0 heterocycles. The largest absolute Gasteiger partial charge is 0.494 e. The van der Waals surface area contributed by atoms with Crippen LogP contribution in [0, 0.1) is 15.9 Å². The fraction of sp³-hybridized carbons (Fsp3) is 0.400. The molecular formula is C15H18FNO5. The van der Waals surface area contributed by atoms with Gasteiger partial charge in [-0.25, -0.2) is 9.18 Å². The molecule has 0 aliphatic carbocycles. The molecule has 0 saturated carbocycles. The zero-order valence-corrected chi connectivity index (χ0v) is 12.9. The van der Waals surface area contributed by atoms with Crippen LogP contribution in [0.2, 0.25) is 0 Å². The minimum absolute atomic E-state index is 0.0879.